The Kier molecular flexibility index (Phi) is 5.68. The van der Waals surface area contributed by atoms with Crippen molar-refractivity contribution in [2.75, 3.05) is 0 Å². The number of hydrogen-bond acceptors (Lipinski definition) is 4. The highest BCUT2D eigenvalue weighted by Crippen LogP contribution is 2.33. The van der Waals surface area contributed by atoms with Gasteiger partial charge in [-0.05, 0) is 35.4 Å². The summed E-state index contributed by atoms with van der Waals surface area (Å²) in [7, 11) is 0. The average molecular weight is 427 g/mol. The van der Waals surface area contributed by atoms with Crippen molar-refractivity contribution >= 4 is 6.29 Å². The molecule has 30 heavy (non-hydrogen) atoms. The summed E-state index contributed by atoms with van der Waals surface area (Å²) in [6.45, 7) is 0. The van der Waals surface area contributed by atoms with Gasteiger partial charge in [-0.15, -0.1) is 26.3 Å². The molecule has 0 saturated heterocycles. The number of rotatable bonds is 5. The van der Waals surface area contributed by atoms with Gasteiger partial charge < -0.3 is 9.47 Å². The van der Waals surface area contributed by atoms with Crippen LogP contribution >= 0.6 is 0 Å². The number of ether oxygens (including phenoxy) is 2. The Morgan fingerprint density at radius 2 is 1.03 bits per heavy atom. The van der Waals surface area contributed by atoms with Gasteiger partial charge in [0.1, 0.15) is 11.5 Å². The van der Waals surface area contributed by atoms with Crippen LogP contribution in [0.1, 0.15) is 10.4 Å². The third-order valence-electron chi connectivity index (χ3n) is 3.90. The summed E-state index contributed by atoms with van der Waals surface area (Å²) in [4.78, 5) is 15.8. The van der Waals surface area contributed by atoms with E-state index in [4.69, 9.17) is 0 Å². The van der Waals surface area contributed by atoms with Crippen LogP contribution in [0.2, 0.25) is 0 Å². The molecule has 0 spiro atoms. The van der Waals surface area contributed by atoms with Crippen molar-refractivity contribution in [3.8, 4) is 33.8 Å². The first kappa shape index (κ1) is 21.2. The highest BCUT2D eigenvalue weighted by atomic mass is 19.4. The maximum Gasteiger partial charge on any atom is 0.573 e. The van der Waals surface area contributed by atoms with Crippen LogP contribution in [0.5, 0.6) is 11.5 Å². The Morgan fingerprint density at radius 1 is 0.667 bits per heavy atom. The summed E-state index contributed by atoms with van der Waals surface area (Å²) in [5, 5.41) is 0. The maximum atomic E-state index is 12.3. The van der Waals surface area contributed by atoms with E-state index in [9.17, 15) is 31.1 Å². The number of aldehydes is 1. The predicted octanol–water partition coefficient (Wildman–Crippen LogP) is 6.03. The largest absolute Gasteiger partial charge is 0.573 e. The highest BCUT2D eigenvalue weighted by molar-refractivity contribution is 5.95. The van der Waals surface area contributed by atoms with Crippen LogP contribution < -0.4 is 9.47 Å². The Hall–Kier alpha value is -3.56. The molecule has 0 aliphatic rings. The molecule has 0 amide bonds. The van der Waals surface area contributed by atoms with Gasteiger partial charge in [-0.25, -0.2) is 0 Å². The van der Waals surface area contributed by atoms with E-state index in [0.717, 1.165) is 24.3 Å². The molecule has 0 aliphatic carbocycles. The predicted molar refractivity (Wildman–Crippen MR) is 93.9 cm³/mol. The van der Waals surface area contributed by atoms with E-state index in [1.165, 1.54) is 36.7 Å². The van der Waals surface area contributed by atoms with Gasteiger partial charge in [0, 0.05) is 29.1 Å². The molecule has 3 rings (SSSR count). The number of carbonyl (C=O) groups is 1. The van der Waals surface area contributed by atoms with Crippen LogP contribution in [0.15, 0.2) is 60.9 Å². The van der Waals surface area contributed by atoms with Gasteiger partial charge in [-0.1, -0.05) is 24.3 Å². The summed E-state index contributed by atoms with van der Waals surface area (Å²) in [5.74, 6) is -0.855. The first-order valence-electron chi connectivity index (χ1n) is 8.21. The fourth-order valence-electron chi connectivity index (χ4n) is 2.73. The van der Waals surface area contributed by atoms with Gasteiger partial charge in [0.25, 0.3) is 0 Å². The molecule has 3 aromatic rings. The maximum absolute atomic E-state index is 12.3. The lowest BCUT2D eigenvalue weighted by Crippen LogP contribution is -2.16. The Bertz CT molecular complexity index is 951. The number of halogens is 6. The lowest BCUT2D eigenvalue weighted by atomic mass is 9.95. The third-order valence-corrected chi connectivity index (χ3v) is 3.90. The molecule has 1 aromatic heterocycles. The monoisotopic (exact) mass is 427 g/mol. The molecule has 0 bridgehead atoms. The summed E-state index contributed by atoms with van der Waals surface area (Å²) >= 11 is 0. The molecule has 2 aromatic carbocycles. The quantitative estimate of drug-likeness (QED) is 0.369. The van der Waals surface area contributed by atoms with Gasteiger partial charge in [0.05, 0.1) is 0 Å². The third kappa shape index (κ3) is 5.28. The van der Waals surface area contributed by atoms with Crippen molar-refractivity contribution in [1.82, 2.24) is 4.98 Å². The number of benzene rings is 2. The molecule has 0 saturated carbocycles. The standard InChI is InChI=1S/C20H11F6NO3/c21-19(22,23)29-14-5-1-12(2-6-14)16-9-27-10-17(18(16)11-28)13-3-7-15(8-4-13)30-20(24,25)26/h1-11H. The van der Waals surface area contributed by atoms with Crippen LogP contribution in [0.25, 0.3) is 22.3 Å². The van der Waals surface area contributed by atoms with Crippen LogP contribution in [0.4, 0.5) is 26.3 Å². The molecule has 10 heteroatoms. The first-order valence-corrected chi connectivity index (χ1v) is 8.21. The van der Waals surface area contributed by atoms with Crippen molar-refractivity contribution in [3.63, 3.8) is 0 Å². The van der Waals surface area contributed by atoms with E-state index in [1.54, 1.807) is 0 Å². The van der Waals surface area contributed by atoms with Crippen LogP contribution in [-0.2, 0) is 0 Å². The van der Waals surface area contributed by atoms with Crippen molar-refractivity contribution in [2.45, 2.75) is 12.7 Å². The van der Waals surface area contributed by atoms with E-state index in [-0.39, 0.29) is 5.56 Å². The average Bonchev–Trinajstić information content (AvgIpc) is 2.66. The second-order valence-corrected chi connectivity index (χ2v) is 5.91. The minimum Gasteiger partial charge on any atom is -0.406 e. The number of pyridine rings is 1. The number of nitrogens with zero attached hydrogens (tertiary/aromatic N) is 1. The summed E-state index contributed by atoms with van der Waals surface area (Å²) in [6, 6.07) is 9.68. The minimum atomic E-state index is -4.83. The SMILES string of the molecule is O=Cc1c(-c2ccc(OC(F)(F)F)cc2)cncc1-c1ccc(OC(F)(F)F)cc1. The van der Waals surface area contributed by atoms with Gasteiger partial charge in [0.2, 0.25) is 0 Å². The minimum absolute atomic E-state index is 0.166. The molecule has 0 atom stereocenters. The van der Waals surface area contributed by atoms with Crippen molar-refractivity contribution < 1.29 is 40.6 Å². The highest BCUT2D eigenvalue weighted by Gasteiger charge is 2.31. The first-order chi connectivity index (χ1) is 14.1. The molecule has 1 heterocycles. The number of aromatic nitrogens is 1. The second-order valence-electron chi connectivity index (χ2n) is 5.91. The number of carbonyl (C=O) groups excluding carboxylic acids is 1. The Labute approximate surface area is 165 Å². The fraction of sp³-hybridized carbons (Fsp3) is 0.100. The summed E-state index contributed by atoms with van der Waals surface area (Å²) in [5.41, 5.74) is 1.63. The molecular weight excluding hydrogens is 416 g/mol. The van der Waals surface area contributed by atoms with Crippen LogP contribution in [-0.4, -0.2) is 24.0 Å². The second kappa shape index (κ2) is 8.05. The summed E-state index contributed by atoms with van der Waals surface area (Å²) in [6.07, 6.45) is -6.42. The Balaban J connectivity index is 1.94. The lowest BCUT2D eigenvalue weighted by molar-refractivity contribution is -0.275. The molecule has 0 N–H and O–H groups in total. The van der Waals surface area contributed by atoms with Gasteiger partial charge in [-0.3, -0.25) is 9.78 Å². The molecule has 0 radical (unpaired) electrons. The van der Waals surface area contributed by atoms with Crippen molar-refractivity contribution in [2.24, 2.45) is 0 Å². The van der Waals surface area contributed by atoms with Crippen LogP contribution in [0, 0.1) is 0 Å². The zero-order valence-corrected chi connectivity index (χ0v) is 14.8. The topological polar surface area (TPSA) is 48.4 Å². The van der Waals surface area contributed by atoms with Crippen molar-refractivity contribution in [3.05, 3.63) is 66.5 Å². The zero-order chi connectivity index (χ0) is 21.9. The van der Waals surface area contributed by atoms with E-state index < -0.39 is 24.2 Å². The van der Waals surface area contributed by atoms with Gasteiger partial charge in [-0.2, -0.15) is 0 Å². The zero-order valence-electron chi connectivity index (χ0n) is 14.8. The normalized spacial score (nSPS) is 11.8. The van der Waals surface area contributed by atoms with E-state index in [0.29, 0.717) is 28.5 Å². The summed E-state index contributed by atoms with van der Waals surface area (Å²) < 4.78 is 81.4. The van der Waals surface area contributed by atoms with Crippen LogP contribution in [0.3, 0.4) is 0 Å². The van der Waals surface area contributed by atoms with Crippen molar-refractivity contribution in [1.29, 1.82) is 0 Å². The van der Waals surface area contributed by atoms with Gasteiger partial charge in [0.15, 0.2) is 6.29 Å². The molecule has 0 fully saturated rings. The molecule has 0 aliphatic heterocycles. The lowest BCUT2D eigenvalue weighted by Gasteiger charge is -2.13. The number of hydrogen-bond donors (Lipinski definition) is 0. The molecule has 0 unspecified atom stereocenters. The van der Waals surface area contributed by atoms with E-state index >= 15 is 0 Å². The molecule has 4 nitrogen and oxygen atoms in total. The van der Waals surface area contributed by atoms with E-state index in [1.807, 2.05) is 0 Å². The van der Waals surface area contributed by atoms with Gasteiger partial charge >= 0.3 is 12.7 Å². The fourth-order valence-corrected chi connectivity index (χ4v) is 2.73. The molecule has 156 valence electrons. The smallest absolute Gasteiger partial charge is 0.406 e. The Morgan fingerprint density at radius 3 is 1.33 bits per heavy atom. The van der Waals surface area contributed by atoms with E-state index in [2.05, 4.69) is 14.5 Å². The number of alkyl halides is 6. The molecular formula is C20H11F6NO3.